The molecule has 2 atom stereocenters. The summed E-state index contributed by atoms with van der Waals surface area (Å²) >= 11 is 0. The number of fused-ring (bicyclic) bond motifs is 3. The molecule has 4 aromatic rings. The number of para-hydroxylation sites is 2. The van der Waals surface area contributed by atoms with Crippen LogP contribution in [0.25, 0.3) is 11.1 Å². The molecule has 0 saturated carbocycles. The molecule has 2 unspecified atom stereocenters. The van der Waals surface area contributed by atoms with E-state index in [4.69, 9.17) is 6.42 Å². The Bertz CT molecular complexity index is 1470. The highest BCUT2D eigenvalue weighted by Crippen LogP contribution is 2.57. The van der Waals surface area contributed by atoms with Gasteiger partial charge < -0.3 is 4.90 Å². The molecule has 0 aromatic heterocycles. The fourth-order valence-corrected chi connectivity index (χ4v) is 7.71. The average Bonchev–Trinajstić information content (AvgIpc) is 3.33. The first-order valence-corrected chi connectivity index (χ1v) is 17.2. The molecule has 0 N–H and O–H groups in total. The second-order valence-electron chi connectivity index (χ2n) is 13.0. The number of hydrogen-bond donors (Lipinski definition) is 0. The maximum absolute atomic E-state index is 6.06. The zero-order valence-electron chi connectivity index (χ0n) is 27.5. The molecule has 0 heterocycles. The third-order valence-corrected chi connectivity index (χ3v) is 10.2. The zero-order valence-corrected chi connectivity index (χ0v) is 27.5. The predicted molar refractivity (Wildman–Crippen MR) is 191 cm³/mol. The van der Waals surface area contributed by atoms with E-state index in [2.05, 4.69) is 136 Å². The normalized spacial score (nSPS) is 16.5. The summed E-state index contributed by atoms with van der Waals surface area (Å²) in [7, 11) is 0. The maximum atomic E-state index is 6.06. The first-order valence-electron chi connectivity index (χ1n) is 17.2. The molecule has 1 aliphatic rings. The third-order valence-electron chi connectivity index (χ3n) is 10.2. The number of terminal acetylenes is 1. The van der Waals surface area contributed by atoms with Crippen molar-refractivity contribution in [1.29, 1.82) is 0 Å². The van der Waals surface area contributed by atoms with Crippen LogP contribution in [0.2, 0.25) is 0 Å². The van der Waals surface area contributed by atoms with Gasteiger partial charge in [-0.2, -0.15) is 0 Å². The van der Waals surface area contributed by atoms with E-state index >= 15 is 0 Å². The lowest BCUT2D eigenvalue weighted by atomic mass is 9.65. The van der Waals surface area contributed by atoms with Crippen LogP contribution in [-0.4, -0.2) is 0 Å². The van der Waals surface area contributed by atoms with Gasteiger partial charge in [-0.25, -0.2) is 0 Å². The summed E-state index contributed by atoms with van der Waals surface area (Å²) in [6.07, 6.45) is 18.5. The van der Waals surface area contributed by atoms with E-state index in [0.717, 1.165) is 5.56 Å². The molecule has 1 heteroatoms. The van der Waals surface area contributed by atoms with Gasteiger partial charge in [-0.05, 0) is 95.5 Å². The molecule has 0 amide bonds. The van der Waals surface area contributed by atoms with Crippen LogP contribution in [0.5, 0.6) is 0 Å². The molecule has 0 fully saturated rings. The number of hydrogen-bond acceptors (Lipinski definition) is 1. The van der Waals surface area contributed by atoms with E-state index in [9.17, 15) is 0 Å². The standard InChI is InChI=1S/C43H51N/c1-6-11-19-34(9-4)31-43(32-35(10-5)20-12-7-2)41-29-33(8-3)25-27-39(41)40-28-26-38(30-42(40)43)44(36-21-15-13-16-22-36)37-23-17-14-18-24-37/h3,13-18,21-30,34-35H,6-7,9-12,19-20,31-32H2,1-2,4-5H3. The Kier molecular flexibility index (Phi) is 10.7. The Morgan fingerprint density at radius 3 is 1.59 bits per heavy atom. The molecule has 44 heavy (non-hydrogen) atoms. The summed E-state index contributed by atoms with van der Waals surface area (Å²) in [5.41, 5.74) is 10.3. The summed E-state index contributed by atoms with van der Waals surface area (Å²) in [5, 5.41) is 0. The monoisotopic (exact) mass is 581 g/mol. The molecule has 0 spiro atoms. The number of nitrogens with zero attached hydrogens (tertiary/aromatic N) is 1. The molecule has 0 aliphatic heterocycles. The van der Waals surface area contributed by atoms with Crippen molar-refractivity contribution in [3.63, 3.8) is 0 Å². The topological polar surface area (TPSA) is 3.24 Å². The van der Waals surface area contributed by atoms with Gasteiger partial charge >= 0.3 is 0 Å². The Morgan fingerprint density at radius 2 is 1.11 bits per heavy atom. The zero-order chi connectivity index (χ0) is 30.9. The van der Waals surface area contributed by atoms with Crippen LogP contribution in [0.15, 0.2) is 97.1 Å². The van der Waals surface area contributed by atoms with Gasteiger partial charge in [-0.1, -0.05) is 134 Å². The third kappa shape index (κ3) is 6.51. The van der Waals surface area contributed by atoms with Crippen molar-refractivity contribution >= 4 is 17.1 Å². The molecule has 0 saturated heterocycles. The van der Waals surface area contributed by atoms with Crippen molar-refractivity contribution in [2.24, 2.45) is 11.8 Å². The van der Waals surface area contributed by atoms with E-state index in [1.54, 1.807) is 0 Å². The highest BCUT2D eigenvalue weighted by molar-refractivity contribution is 5.86. The fourth-order valence-electron chi connectivity index (χ4n) is 7.71. The average molecular weight is 582 g/mol. The fraction of sp³-hybridized carbons (Fsp3) is 0.395. The van der Waals surface area contributed by atoms with Crippen LogP contribution in [0.4, 0.5) is 17.1 Å². The van der Waals surface area contributed by atoms with Crippen molar-refractivity contribution < 1.29 is 0 Å². The molecular weight excluding hydrogens is 530 g/mol. The van der Waals surface area contributed by atoms with Crippen LogP contribution in [0.3, 0.4) is 0 Å². The van der Waals surface area contributed by atoms with Gasteiger partial charge in [0.25, 0.3) is 0 Å². The first-order chi connectivity index (χ1) is 21.6. The van der Waals surface area contributed by atoms with Crippen LogP contribution >= 0.6 is 0 Å². The lowest BCUT2D eigenvalue weighted by Gasteiger charge is -2.39. The van der Waals surface area contributed by atoms with Crippen LogP contribution in [0, 0.1) is 24.2 Å². The van der Waals surface area contributed by atoms with Crippen LogP contribution in [0.1, 0.15) is 109 Å². The Balaban J connectivity index is 1.74. The lowest BCUT2D eigenvalue weighted by Crippen LogP contribution is -2.32. The number of unbranched alkanes of at least 4 members (excludes halogenated alkanes) is 2. The van der Waals surface area contributed by atoms with Crippen LogP contribution in [-0.2, 0) is 5.41 Å². The van der Waals surface area contributed by atoms with E-state index < -0.39 is 0 Å². The molecule has 1 aliphatic carbocycles. The van der Waals surface area contributed by atoms with Gasteiger partial charge in [0.15, 0.2) is 0 Å². The molecular formula is C43H51N. The summed E-state index contributed by atoms with van der Waals surface area (Å²) in [5.74, 6) is 4.34. The molecule has 228 valence electrons. The molecule has 4 aromatic carbocycles. The number of benzene rings is 4. The molecule has 5 rings (SSSR count). The van der Waals surface area contributed by atoms with E-state index in [-0.39, 0.29) is 5.41 Å². The summed E-state index contributed by atoms with van der Waals surface area (Å²) in [6.45, 7) is 9.46. The second kappa shape index (κ2) is 14.8. The highest BCUT2D eigenvalue weighted by Gasteiger charge is 2.45. The summed E-state index contributed by atoms with van der Waals surface area (Å²) in [4.78, 5) is 2.42. The number of anilines is 3. The quantitative estimate of drug-likeness (QED) is 0.126. The maximum Gasteiger partial charge on any atom is 0.0465 e. The van der Waals surface area contributed by atoms with Gasteiger partial charge in [0.1, 0.15) is 0 Å². The first kappa shape index (κ1) is 31.7. The number of rotatable bonds is 15. The van der Waals surface area contributed by atoms with Crippen molar-refractivity contribution in [2.45, 2.75) is 97.3 Å². The molecule has 0 radical (unpaired) electrons. The van der Waals surface area contributed by atoms with Gasteiger partial charge in [0, 0.05) is 28.0 Å². The van der Waals surface area contributed by atoms with Gasteiger partial charge in [0.05, 0.1) is 0 Å². The summed E-state index contributed by atoms with van der Waals surface area (Å²) < 4.78 is 0. The molecule has 1 nitrogen and oxygen atoms in total. The summed E-state index contributed by atoms with van der Waals surface area (Å²) in [6, 6.07) is 35.7. The minimum atomic E-state index is -0.0601. The predicted octanol–water partition coefficient (Wildman–Crippen LogP) is 12.6. The van der Waals surface area contributed by atoms with E-state index in [0.29, 0.717) is 11.8 Å². The smallest absolute Gasteiger partial charge is 0.0465 e. The van der Waals surface area contributed by atoms with E-state index in [1.807, 2.05) is 0 Å². The Labute approximate surface area is 267 Å². The van der Waals surface area contributed by atoms with Crippen molar-refractivity contribution in [3.8, 4) is 23.5 Å². The highest BCUT2D eigenvalue weighted by atomic mass is 15.1. The van der Waals surface area contributed by atoms with Gasteiger partial charge in [-0.15, -0.1) is 6.42 Å². The van der Waals surface area contributed by atoms with Crippen molar-refractivity contribution in [3.05, 3.63) is 114 Å². The lowest BCUT2D eigenvalue weighted by molar-refractivity contribution is 0.266. The van der Waals surface area contributed by atoms with Gasteiger partial charge in [0.2, 0.25) is 0 Å². The SMILES string of the molecule is C#Cc1ccc2c(c1)C(CC(CC)CCCC)(CC(CC)CCCC)c1cc(N(c3ccccc3)c3ccccc3)ccc1-2. The Morgan fingerprint density at radius 1 is 0.614 bits per heavy atom. The van der Waals surface area contributed by atoms with Crippen LogP contribution < -0.4 is 4.90 Å². The Hall–Kier alpha value is -3.76. The van der Waals surface area contributed by atoms with Gasteiger partial charge in [-0.3, -0.25) is 0 Å². The molecule has 0 bridgehead atoms. The van der Waals surface area contributed by atoms with Crippen molar-refractivity contribution in [1.82, 2.24) is 0 Å². The minimum absolute atomic E-state index is 0.0601. The largest absolute Gasteiger partial charge is 0.310 e. The van der Waals surface area contributed by atoms with Crippen molar-refractivity contribution in [2.75, 3.05) is 4.90 Å². The minimum Gasteiger partial charge on any atom is -0.310 e. The second-order valence-corrected chi connectivity index (χ2v) is 13.0. The van der Waals surface area contributed by atoms with E-state index in [1.165, 1.54) is 104 Å².